The molecule has 0 saturated carbocycles. The molecule has 0 unspecified atom stereocenters. The van der Waals surface area contributed by atoms with Crippen molar-refractivity contribution in [1.82, 2.24) is 5.43 Å². The van der Waals surface area contributed by atoms with Crippen molar-refractivity contribution in [2.24, 2.45) is 5.10 Å². The molecule has 120 valence electrons. The summed E-state index contributed by atoms with van der Waals surface area (Å²) in [5, 5.41) is 5.11. The first-order chi connectivity index (χ1) is 11.2. The predicted molar refractivity (Wildman–Crippen MR) is 88.8 cm³/mol. The van der Waals surface area contributed by atoms with E-state index in [2.05, 4.69) is 15.4 Å². The molecule has 1 saturated heterocycles. The molecule has 2 aromatic rings. The minimum absolute atomic E-state index is 0.365. The van der Waals surface area contributed by atoms with E-state index in [-0.39, 0.29) is 11.7 Å². The molecular weight excluding hydrogens is 317 g/mol. The average Bonchev–Trinajstić information content (AvgIpc) is 3.05. The van der Waals surface area contributed by atoms with Crippen molar-refractivity contribution in [2.75, 3.05) is 31.2 Å². The topological polar surface area (TPSA) is 53.9 Å². The van der Waals surface area contributed by atoms with Crippen molar-refractivity contribution in [1.29, 1.82) is 0 Å². The van der Waals surface area contributed by atoms with Crippen molar-refractivity contribution in [2.45, 2.75) is 0 Å². The van der Waals surface area contributed by atoms with Gasteiger partial charge in [-0.2, -0.15) is 5.10 Å². The van der Waals surface area contributed by atoms with Gasteiger partial charge in [-0.25, -0.2) is 9.82 Å². The number of amides is 1. The van der Waals surface area contributed by atoms with Crippen LogP contribution in [0.2, 0.25) is 0 Å². The van der Waals surface area contributed by atoms with Crippen LogP contribution in [0, 0.1) is 5.82 Å². The first kappa shape index (κ1) is 15.6. The van der Waals surface area contributed by atoms with Gasteiger partial charge in [-0.1, -0.05) is 0 Å². The molecule has 7 heteroatoms. The third kappa shape index (κ3) is 4.14. The number of hydrogen-bond donors (Lipinski definition) is 1. The van der Waals surface area contributed by atoms with Gasteiger partial charge in [0.2, 0.25) is 0 Å². The zero-order valence-corrected chi connectivity index (χ0v) is 13.2. The van der Waals surface area contributed by atoms with Gasteiger partial charge in [0.25, 0.3) is 5.91 Å². The van der Waals surface area contributed by atoms with Crippen LogP contribution < -0.4 is 10.3 Å². The van der Waals surface area contributed by atoms with E-state index < -0.39 is 0 Å². The standard InChI is InChI=1S/C16H16FN3O2S/c17-13-3-1-12(2-4-13)16(21)19-18-11-14-5-6-15(23-14)20-7-9-22-10-8-20/h1-6,11H,7-10H2,(H,19,21)/b18-11+. The van der Waals surface area contributed by atoms with E-state index in [0.29, 0.717) is 5.56 Å². The maximum absolute atomic E-state index is 12.8. The normalized spacial score (nSPS) is 15.1. The van der Waals surface area contributed by atoms with E-state index >= 15 is 0 Å². The van der Waals surface area contributed by atoms with Crippen LogP contribution in [0.1, 0.15) is 15.2 Å². The highest BCUT2D eigenvalue weighted by molar-refractivity contribution is 7.17. The van der Waals surface area contributed by atoms with E-state index in [1.165, 1.54) is 29.3 Å². The van der Waals surface area contributed by atoms with Crippen molar-refractivity contribution in [3.63, 3.8) is 0 Å². The van der Waals surface area contributed by atoms with Crippen molar-refractivity contribution < 1.29 is 13.9 Å². The van der Waals surface area contributed by atoms with E-state index in [1.807, 2.05) is 12.1 Å². The second-order valence-electron chi connectivity index (χ2n) is 4.98. The Kier molecular flexibility index (Phi) is 4.99. The summed E-state index contributed by atoms with van der Waals surface area (Å²) in [7, 11) is 0. The molecule has 0 radical (unpaired) electrons. The fourth-order valence-electron chi connectivity index (χ4n) is 2.19. The molecule has 2 heterocycles. The summed E-state index contributed by atoms with van der Waals surface area (Å²) in [6.07, 6.45) is 1.61. The Morgan fingerprint density at radius 2 is 1.96 bits per heavy atom. The second-order valence-corrected chi connectivity index (χ2v) is 6.08. The number of halogens is 1. The molecule has 1 fully saturated rings. The van der Waals surface area contributed by atoms with Gasteiger partial charge >= 0.3 is 0 Å². The Balaban J connectivity index is 1.56. The van der Waals surface area contributed by atoms with Gasteiger partial charge in [0.15, 0.2) is 0 Å². The zero-order valence-electron chi connectivity index (χ0n) is 12.4. The molecule has 1 amide bonds. The quantitative estimate of drug-likeness (QED) is 0.691. The highest BCUT2D eigenvalue weighted by atomic mass is 32.1. The van der Waals surface area contributed by atoms with Crippen LogP contribution in [0.15, 0.2) is 41.5 Å². The second kappa shape index (κ2) is 7.34. The molecule has 1 aliphatic rings. The molecule has 1 aliphatic heterocycles. The molecule has 1 N–H and O–H groups in total. The van der Waals surface area contributed by atoms with E-state index in [1.54, 1.807) is 17.6 Å². The van der Waals surface area contributed by atoms with Gasteiger partial charge in [-0.3, -0.25) is 4.79 Å². The lowest BCUT2D eigenvalue weighted by atomic mass is 10.2. The lowest BCUT2D eigenvalue weighted by molar-refractivity contribution is 0.0955. The van der Waals surface area contributed by atoms with E-state index in [4.69, 9.17) is 4.74 Å². The fourth-order valence-corrected chi connectivity index (χ4v) is 3.12. The molecule has 3 rings (SSSR count). The minimum atomic E-state index is -0.376. The molecule has 0 spiro atoms. The summed E-state index contributed by atoms with van der Waals surface area (Å²) >= 11 is 1.61. The van der Waals surface area contributed by atoms with Crippen LogP contribution in [0.25, 0.3) is 0 Å². The Bertz CT molecular complexity index is 694. The molecule has 1 aromatic carbocycles. The number of morpholine rings is 1. The highest BCUT2D eigenvalue weighted by Crippen LogP contribution is 2.25. The van der Waals surface area contributed by atoms with Crippen molar-refractivity contribution >= 4 is 28.5 Å². The van der Waals surface area contributed by atoms with Crippen LogP contribution >= 0.6 is 11.3 Å². The van der Waals surface area contributed by atoms with Gasteiger partial charge in [-0.05, 0) is 36.4 Å². The number of carbonyl (C=O) groups is 1. The Morgan fingerprint density at radius 1 is 1.22 bits per heavy atom. The van der Waals surface area contributed by atoms with Crippen molar-refractivity contribution in [3.05, 3.63) is 52.7 Å². The number of rotatable bonds is 4. The summed E-state index contributed by atoms with van der Waals surface area (Å²) < 4.78 is 18.1. The molecular formula is C16H16FN3O2S. The van der Waals surface area contributed by atoms with Crippen molar-refractivity contribution in [3.8, 4) is 0 Å². The van der Waals surface area contributed by atoms with Gasteiger partial charge in [0.1, 0.15) is 5.82 Å². The summed E-state index contributed by atoms with van der Waals surface area (Å²) in [4.78, 5) is 15.0. The summed E-state index contributed by atoms with van der Waals surface area (Å²) in [5.41, 5.74) is 2.80. The predicted octanol–water partition coefficient (Wildman–Crippen LogP) is 2.49. The van der Waals surface area contributed by atoms with Crippen LogP contribution in [0.4, 0.5) is 9.39 Å². The maximum Gasteiger partial charge on any atom is 0.271 e. The molecule has 5 nitrogen and oxygen atoms in total. The van der Waals surface area contributed by atoms with Gasteiger partial charge < -0.3 is 9.64 Å². The lowest BCUT2D eigenvalue weighted by Gasteiger charge is -2.27. The van der Waals surface area contributed by atoms with Gasteiger partial charge in [-0.15, -0.1) is 11.3 Å². The third-order valence-corrected chi connectivity index (χ3v) is 4.48. The molecule has 0 aliphatic carbocycles. The first-order valence-corrected chi connectivity index (χ1v) is 8.05. The first-order valence-electron chi connectivity index (χ1n) is 7.24. The number of carbonyl (C=O) groups excluding carboxylic acids is 1. The molecule has 0 atom stereocenters. The highest BCUT2D eigenvalue weighted by Gasteiger charge is 2.12. The van der Waals surface area contributed by atoms with Gasteiger partial charge in [0, 0.05) is 23.5 Å². The van der Waals surface area contributed by atoms with Gasteiger partial charge in [0.05, 0.1) is 24.4 Å². The Morgan fingerprint density at radius 3 is 2.70 bits per heavy atom. The number of nitrogens with one attached hydrogen (secondary N) is 1. The third-order valence-electron chi connectivity index (χ3n) is 3.40. The number of hydrogen-bond acceptors (Lipinski definition) is 5. The van der Waals surface area contributed by atoms with E-state index in [9.17, 15) is 9.18 Å². The number of benzene rings is 1. The molecule has 23 heavy (non-hydrogen) atoms. The lowest BCUT2D eigenvalue weighted by Crippen LogP contribution is -2.35. The number of thiophene rings is 1. The number of ether oxygens (including phenoxy) is 1. The monoisotopic (exact) mass is 333 g/mol. The van der Waals surface area contributed by atoms with Crippen LogP contribution in [0.3, 0.4) is 0 Å². The average molecular weight is 333 g/mol. The number of hydrazone groups is 1. The van der Waals surface area contributed by atoms with Crippen LogP contribution in [-0.2, 0) is 4.74 Å². The smallest absolute Gasteiger partial charge is 0.271 e. The summed E-state index contributed by atoms with van der Waals surface area (Å²) in [6, 6.07) is 9.32. The minimum Gasteiger partial charge on any atom is -0.378 e. The zero-order chi connectivity index (χ0) is 16.1. The SMILES string of the molecule is O=C(N/N=C/c1ccc(N2CCOCC2)s1)c1ccc(F)cc1. The van der Waals surface area contributed by atoms with Crippen LogP contribution in [0.5, 0.6) is 0 Å². The van der Waals surface area contributed by atoms with Crippen LogP contribution in [-0.4, -0.2) is 38.4 Å². The Hall–Kier alpha value is -2.25. The number of nitrogens with zero attached hydrogens (tertiary/aromatic N) is 2. The maximum atomic E-state index is 12.8. The summed E-state index contributed by atoms with van der Waals surface area (Å²) in [6.45, 7) is 3.26. The summed E-state index contributed by atoms with van der Waals surface area (Å²) in [5.74, 6) is -0.745. The molecule has 1 aromatic heterocycles. The fraction of sp³-hybridized carbons (Fsp3) is 0.250. The van der Waals surface area contributed by atoms with E-state index in [0.717, 1.165) is 31.2 Å². The molecule has 0 bridgehead atoms. The Labute approximate surface area is 137 Å². The largest absolute Gasteiger partial charge is 0.378 e. The number of anilines is 1.